The summed E-state index contributed by atoms with van der Waals surface area (Å²) < 4.78 is 20.9. The molecule has 2 aliphatic rings. The average molecular weight is 453 g/mol. The standard InChI is InChI=1S/C23H24FN5O4/c1-11-16(9-28-22-21(11)26-4-5-33-22)15-6-12-7-18(27-10-17(12)20(25)19(15)24)29(23(31)32)13-2-3-14(30)8-13/h6-7,9-10,13-14,26,30H,2-5,8,25H2,1H3,(H,31,32)/t13-,14+/m0/s1. The molecule has 3 heterocycles. The van der Waals surface area contributed by atoms with E-state index in [4.69, 9.17) is 10.5 Å². The Morgan fingerprint density at radius 1 is 1.27 bits per heavy atom. The number of anilines is 3. The summed E-state index contributed by atoms with van der Waals surface area (Å²) in [5, 5.41) is 23.9. The molecule has 2 atom stereocenters. The van der Waals surface area contributed by atoms with Crippen LogP contribution >= 0.6 is 0 Å². The normalized spacial score (nSPS) is 19.6. The molecule has 2 aromatic heterocycles. The van der Waals surface area contributed by atoms with Gasteiger partial charge in [0.1, 0.15) is 18.1 Å². The first kappa shape index (κ1) is 21.2. The van der Waals surface area contributed by atoms with E-state index < -0.39 is 18.0 Å². The first-order valence-electron chi connectivity index (χ1n) is 10.8. The van der Waals surface area contributed by atoms with Gasteiger partial charge in [-0.2, -0.15) is 0 Å². The van der Waals surface area contributed by atoms with E-state index in [0.717, 1.165) is 5.56 Å². The molecule has 1 aromatic carbocycles. The van der Waals surface area contributed by atoms with Gasteiger partial charge in [0.05, 0.1) is 11.8 Å². The van der Waals surface area contributed by atoms with Crippen LogP contribution in [0.15, 0.2) is 24.5 Å². The molecule has 0 radical (unpaired) electrons. The molecule has 1 aliphatic carbocycles. The Bertz CT molecular complexity index is 1270. The number of hydrogen-bond donors (Lipinski definition) is 4. The Kier molecular flexibility index (Phi) is 5.16. The second kappa shape index (κ2) is 8.04. The van der Waals surface area contributed by atoms with Gasteiger partial charge in [0.2, 0.25) is 5.88 Å². The fraction of sp³-hybridized carbons (Fsp3) is 0.348. The van der Waals surface area contributed by atoms with Crippen LogP contribution in [-0.4, -0.2) is 51.6 Å². The van der Waals surface area contributed by atoms with Gasteiger partial charge in [-0.05, 0) is 49.3 Å². The molecule has 0 saturated heterocycles. The van der Waals surface area contributed by atoms with E-state index in [1.807, 2.05) is 6.92 Å². The number of nitrogen functional groups attached to an aromatic ring is 1. The number of amides is 1. The van der Waals surface area contributed by atoms with Crippen LogP contribution in [0.3, 0.4) is 0 Å². The van der Waals surface area contributed by atoms with Gasteiger partial charge in [-0.3, -0.25) is 4.90 Å². The molecule has 0 spiro atoms. The quantitative estimate of drug-likeness (QED) is 0.443. The van der Waals surface area contributed by atoms with Crippen LogP contribution in [0, 0.1) is 12.7 Å². The van der Waals surface area contributed by atoms with Crippen molar-refractivity contribution in [3.8, 4) is 17.0 Å². The fourth-order valence-electron chi connectivity index (χ4n) is 4.72. The van der Waals surface area contributed by atoms with Gasteiger partial charge in [-0.25, -0.2) is 19.2 Å². The summed E-state index contributed by atoms with van der Waals surface area (Å²) >= 11 is 0. The highest BCUT2D eigenvalue weighted by Crippen LogP contribution is 2.40. The highest BCUT2D eigenvalue weighted by Gasteiger charge is 2.33. The fourth-order valence-corrected chi connectivity index (χ4v) is 4.72. The Balaban J connectivity index is 1.63. The Morgan fingerprint density at radius 2 is 2.09 bits per heavy atom. The van der Waals surface area contributed by atoms with E-state index in [-0.39, 0.29) is 23.1 Å². The molecule has 1 fully saturated rings. The third-order valence-corrected chi connectivity index (χ3v) is 6.42. The number of carbonyl (C=O) groups is 1. The second-order valence-corrected chi connectivity index (χ2v) is 8.44. The van der Waals surface area contributed by atoms with Crippen LogP contribution in [0.25, 0.3) is 21.9 Å². The number of aliphatic hydroxyl groups excluding tert-OH is 1. The minimum absolute atomic E-state index is 0.0685. The third kappa shape index (κ3) is 3.56. The lowest BCUT2D eigenvalue weighted by Crippen LogP contribution is -2.39. The highest BCUT2D eigenvalue weighted by atomic mass is 19.1. The van der Waals surface area contributed by atoms with Crippen molar-refractivity contribution in [3.05, 3.63) is 35.9 Å². The number of halogens is 1. The maximum Gasteiger partial charge on any atom is 0.413 e. The van der Waals surface area contributed by atoms with Crippen LogP contribution in [0.4, 0.5) is 26.4 Å². The van der Waals surface area contributed by atoms with Crippen LogP contribution in [0.5, 0.6) is 5.88 Å². The Morgan fingerprint density at radius 3 is 2.82 bits per heavy atom. The molecular formula is C23H24FN5O4. The van der Waals surface area contributed by atoms with Crippen molar-refractivity contribution in [2.24, 2.45) is 0 Å². The van der Waals surface area contributed by atoms with Gasteiger partial charge < -0.3 is 26.0 Å². The number of benzene rings is 1. The number of carboxylic acid groups (broad SMARTS) is 1. The van der Waals surface area contributed by atoms with Crippen LogP contribution in [-0.2, 0) is 0 Å². The lowest BCUT2D eigenvalue weighted by atomic mass is 9.97. The van der Waals surface area contributed by atoms with Crippen LogP contribution < -0.4 is 20.7 Å². The van der Waals surface area contributed by atoms with Crippen molar-refractivity contribution in [1.29, 1.82) is 0 Å². The van der Waals surface area contributed by atoms with Gasteiger partial charge in [-0.1, -0.05) is 0 Å². The minimum Gasteiger partial charge on any atom is -0.474 e. The average Bonchev–Trinajstić information content (AvgIpc) is 3.22. The summed E-state index contributed by atoms with van der Waals surface area (Å²) in [7, 11) is 0. The SMILES string of the molecule is Cc1c(-c2cc3cc(N(C(=O)O)[C@H]4CC[C@@H](O)C4)ncc3c(N)c2F)cnc2c1NCCO2. The predicted molar refractivity (Wildman–Crippen MR) is 122 cm³/mol. The predicted octanol–water partition coefficient (Wildman–Crippen LogP) is 3.53. The van der Waals surface area contributed by atoms with Gasteiger partial charge in [0, 0.05) is 41.5 Å². The van der Waals surface area contributed by atoms with E-state index in [0.29, 0.717) is 60.3 Å². The van der Waals surface area contributed by atoms with E-state index in [1.54, 1.807) is 18.3 Å². The summed E-state index contributed by atoms with van der Waals surface area (Å²) in [5.41, 5.74) is 8.37. The molecular weight excluding hydrogens is 429 g/mol. The first-order valence-corrected chi connectivity index (χ1v) is 10.8. The molecule has 3 aromatic rings. The molecule has 9 nitrogen and oxygen atoms in total. The smallest absolute Gasteiger partial charge is 0.413 e. The Hall–Kier alpha value is -3.66. The molecule has 33 heavy (non-hydrogen) atoms. The van der Waals surface area contributed by atoms with Crippen LogP contribution in [0.2, 0.25) is 0 Å². The number of nitrogens with zero attached hydrogens (tertiary/aromatic N) is 3. The van der Waals surface area contributed by atoms with Crippen molar-refractivity contribution in [3.63, 3.8) is 0 Å². The number of rotatable bonds is 3. The molecule has 1 amide bonds. The zero-order valence-corrected chi connectivity index (χ0v) is 18.0. The lowest BCUT2D eigenvalue weighted by Gasteiger charge is -2.25. The van der Waals surface area contributed by atoms with Gasteiger partial charge >= 0.3 is 6.09 Å². The molecule has 1 aliphatic heterocycles. The number of nitrogens with two attached hydrogens (primary N) is 1. The van der Waals surface area contributed by atoms with Crippen molar-refractivity contribution >= 4 is 34.1 Å². The van der Waals surface area contributed by atoms with Gasteiger partial charge in [-0.15, -0.1) is 0 Å². The number of fused-ring (bicyclic) bond motifs is 2. The van der Waals surface area contributed by atoms with E-state index in [9.17, 15) is 15.0 Å². The van der Waals surface area contributed by atoms with Crippen LogP contribution in [0.1, 0.15) is 24.8 Å². The van der Waals surface area contributed by atoms with Crippen molar-refractivity contribution in [2.75, 3.05) is 29.1 Å². The maximum atomic E-state index is 15.3. The zero-order chi connectivity index (χ0) is 23.3. The zero-order valence-electron chi connectivity index (χ0n) is 18.0. The summed E-state index contributed by atoms with van der Waals surface area (Å²) in [6, 6.07) is 2.85. The molecule has 1 saturated carbocycles. The number of aromatic nitrogens is 2. The van der Waals surface area contributed by atoms with E-state index in [1.165, 1.54) is 11.1 Å². The summed E-state index contributed by atoms with van der Waals surface area (Å²) in [6.07, 6.45) is 2.67. The number of pyridine rings is 2. The molecule has 0 bridgehead atoms. The lowest BCUT2D eigenvalue weighted by molar-refractivity contribution is 0.178. The van der Waals surface area contributed by atoms with Crippen molar-refractivity contribution < 1.29 is 24.1 Å². The van der Waals surface area contributed by atoms with Crippen molar-refractivity contribution in [2.45, 2.75) is 38.3 Å². The monoisotopic (exact) mass is 453 g/mol. The largest absolute Gasteiger partial charge is 0.474 e. The first-order chi connectivity index (χ1) is 15.8. The number of nitrogens with one attached hydrogen (secondary N) is 1. The molecule has 10 heteroatoms. The number of hydrogen-bond acceptors (Lipinski definition) is 7. The van der Waals surface area contributed by atoms with Gasteiger partial charge in [0.25, 0.3) is 0 Å². The van der Waals surface area contributed by atoms with E-state index >= 15 is 4.39 Å². The number of ether oxygens (including phenoxy) is 1. The third-order valence-electron chi connectivity index (χ3n) is 6.42. The van der Waals surface area contributed by atoms with Gasteiger partial charge in [0.15, 0.2) is 5.82 Å². The molecule has 172 valence electrons. The molecule has 5 N–H and O–H groups in total. The Labute approximate surface area is 189 Å². The number of aliphatic hydroxyl groups is 1. The summed E-state index contributed by atoms with van der Waals surface area (Å²) in [6.45, 7) is 2.98. The summed E-state index contributed by atoms with van der Waals surface area (Å²) in [4.78, 5) is 21.8. The topological polar surface area (TPSA) is 134 Å². The maximum absolute atomic E-state index is 15.3. The van der Waals surface area contributed by atoms with Crippen molar-refractivity contribution in [1.82, 2.24) is 9.97 Å². The summed E-state index contributed by atoms with van der Waals surface area (Å²) in [5.74, 6) is 0.0908. The molecule has 5 rings (SSSR count). The molecule has 0 unspecified atom stereocenters. The highest BCUT2D eigenvalue weighted by molar-refractivity contribution is 5.99. The minimum atomic E-state index is -1.16. The van der Waals surface area contributed by atoms with E-state index in [2.05, 4.69) is 15.3 Å². The second-order valence-electron chi connectivity index (χ2n) is 8.44.